The summed E-state index contributed by atoms with van der Waals surface area (Å²) in [5, 5.41) is 8.75. The molecule has 2 rings (SSSR count). The predicted molar refractivity (Wildman–Crippen MR) is 67.4 cm³/mol. The predicted octanol–water partition coefficient (Wildman–Crippen LogP) is 2.19. The highest BCUT2D eigenvalue weighted by atomic mass is 35.5. The molecule has 2 heterocycles. The number of halogens is 1. The molecule has 1 amide bonds. The normalized spacial score (nSPS) is 20.0. The van der Waals surface area contributed by atoms with Gasteiger partial charge in [0.2, 0.25) is 0 Å². The van der Waals surface area contributed by atoms with Crippen LogP contribution in [-0.2, 0) is 0 Å². The summed E-state index contributed by atoms with van der Waals surface area (Å²) in [6.07, 6.45) is 2.33. The van der Waals surface area contributed by atoms with Gasteiger partial charge in [-0.1, -0.05) is 11.6 Å². The van der Waals surface area contributed by atoms with E-state index in [1.165, 1.54) is 17.8 Å². The minimum Gasteiger partial charge on any atom is -0.350 e. The van der Waals surface area contributed by atoms with Gasteiger partial charge in [0.15, 0.2) is 0 Å². The summed E-state index contributed by atoms with van der Waals surface area (Å²) in [7, 11) is 0. The number of nitrogens with one attached hydrogen (secondary N) is 2. The van der Waals surface area contributed by atoms with Crippen LogP contribution in [0.4, 0.5) is 0 Å². The fourth-order valence-corrected chi connectivity index (χ4v) is 3.01. The second-order valence-electron chi connectivity index (χ2n) is 4.07. The SMILES string of the molecule is Cc1csc(C(=O)NCC2CCCN2)c1Cl. The minimum atomic E-state index is -0.0585. The summed E-state index contributed by atoms with van der Waals surface area (Å²) >= 11 is 7.44. The van der Waals surface area contributed by atoms with E-state index in [2.05, 4.69) is 10.6 Å². The van der Waals surface area contributed by atoms with Crippen LogP contribution < -0.4 is 10.6 Å². The summed E-state index contributed by atoms with van der Waals surface area (Å²) in [5.74, 6) is -0.0585. The molecule has 0 saturated carbocycles. The van der Waals surface area contributed by atoms with Crippen LogP contribution in [0.2, 0.25) is 5.02 Å². The van der Waals surface area contributed by atoms with Crippen molar-refractivity contribution in [1.29, 1.82) is 0 Å². The van der Waals surface area contributed by atoms with E-state index in [0.29, 0.717) is 22.5 Å². The number of hydrogen-bond donors (Lipinski definition) is 2. The lowest BCUT2D eigenvalue weighted by molar-refractivity contribution is 0.0954. The van der Waals surface area contributed by atoms with E-state index in [1.54, 1.807) is 0 Å². The van der Waals surface area contributed by atoms with Gasteiger partial charge in [0.25, 0.3) is 5.91 Å². The quantitative estimate of drug-likeness (QED) is 0.873. The van der Waals surface area contributed by atoms with Crippen molar-refractivity contribution in [2.24, 2.45) is 0 Å². The summed E-state index contributed by atoms with van der Waals surface area (Å²) in [6, 6.07) is 0.420. The summed E-state index contributed by atoms with van der Waals surface area (Å²) in [6.45, 7) is 3.65. The van der Waals surface area contributed by atoms with Gasteiger partial charge in [0, 0.05) is 12.6 Å². The van der Waals surface area contributed by atoms with Gasteiger partial charge in [-0.2, -0.15) is 0 Å². The zero-order valence-corrected chi connectivity index (χ0v) is 10.8. The Morgan fingerprint density at radius 3 is 3.12 bits per heavy atom. The topological polar surface area (TPSA) is 41.1 Å². The average molecular weight is 259 g/mol. The zero-order chi connectivity index (χ0) is 11.5. The number of amides is 1. The highest BCUT2D eigenvalue weighted by Gasteiger charge is 2.18. The standard InChI is InChI=1S/C11H15ClN2OS/c1-7-6-16-10(9(7)12)11(15)14-5-8-3-2-4-13-8/h6,8,13H,2-5H2,1H3,(H,14,15). The molecule has 1 aliphatic rings. The van der Waals surface area contributed by atoms with Crippen LogP contribution in [0, 0.1) is 6.92 Å². The van der Waals surface area contributed by atoms with Gasteiger partial charge in [-0.05, 0) is 37.3 Å². The molecule has 2 N–H and O–H groups in total. The van der Waals surface area contributed by atoms with Crippen LogP contribution in [0.15, 0.2) is 5.38 Å². The van der Waals surface area contributed by atoms with Crippen molar-refractivity contribution < 1.29 is 4.79 Å². The maximum absolute atomic E-state index is 11.8. The van der Waals surface area contributed by atoms with Crippen molar-refractivity contribution in [2.45, 2.75) is 25.8 Å². The Morgan fingerprint density at radius 2 is 2.56 bits per heavy atom. The molecule has 3 nitrogen and oxygen atoms in total. The van der Waals surface area contributed by atoms with Crippen molar-refractivity contribution in [2.75, 3.05) is 13.1 Å². The number of hydrogen-bond acceptors (Lipinski definition) is 3. The number of carbonyl (C=O) groups excluding carboxylic acids is 1. The largest absolute Gasteiger partial charge is 0.350 e. The van der Waals surface area contributed by atoms with Crippen molar-refractivity contribution >= 4 is 28.8 Å². The molecular formula is C11H15ClN2OS. The molecular weight excluding hydrogens is 244 g/mol. The molecule has 0 aromatic carbocycles. The third kappa shape index (κ3) is 2.56. The molecule has 1 aliphatic heterocycles. The molecule has 16 heavy (non-hydrogen) atoms. The number of carbonyl (C=O) groups is 1. The number of aryl methyl sites for hydroxylation is 1. The fraction of sp³-hybridized carbons (Fsp3) is 0.545. The van der Waals surface area contributed by atoms with Crippen molar-refractivity contribution in [3.63, 3.8) is 0 Å². The van der Waals surface area contributed by atoms with E-state index in [1.807, 2.05) is 12.3 Å². The maximum Gasteiger partial charge on any atom is 0.262 e. The van der Waals surface area contributed by atoms with E-state index >= 15 is 0 Å². The molecule has 1 unspecified atom stereocenters. The third-order valence-electron chi connectivity index (χ3n) is 2.78. The lowest BCUT2D eigenvalue weighted by Crippen LogP contribution is -2.36. The van der Waals surface area contributed by atoms with Crippen LogP contribution >= 0.6 is 22.9 Å². The molecule has 1 atom stereocenters. The molecule has 88 valence electrons. The Hall–Kier alpha value is -0.580. The van der Waals surface area contributed by atoms with Gasteiger partial charge >= 0.3 is 0 Å². The van der Waals surface area contributed by atoms with E-state index in [0.717, 1.165) is 18.5 Å². The molecule has 5 heteroatoms. The average Bonchev–Trinajstić information content (AvgIpc) is 2.88. The van der Waals surface area contributed by atoms with Crippen molar-refractivity contribution in [3.8, 4) is 0 Å². The van der Waals surface area contributed by atoms with E-state index in [4.69, 9.17) is 11.6 Å². The van der Waals surface area contributed by atoms with E-state index in [9.17, 15) is 4.79 Å². The Labute approximate surface area is 104 Å². The minimum absolute atomic E-state index is 0.0585. The Kier molecular flexibility index (Phi) is 3.84. The highest BCUT2D eigenvalue weighted by Crippen LogP contribution is 2.26. The maximum atomic E-state index is 11.8. The van der Waals surface area contributed by atoms with Crippen LogP contribution in [0.5, 0.6) is 0 Å². The second-order valence-corrected chi connectivity index (χ2v) is 5.32. The zero-order valence-electron chi connectivity index (χ0n) is 9.18. The fourth-order valence-electron chi connectivity index (χ4n) is 1.81. The second kappa shape index (κ2) is 5.17. The van der Waals surface area contributed by atoms with Gasteiger partial charge in [-0.25, -0.2) is 0 Å². The summed E-state index contributed by atoms with van der Waals surface area (Å²) in [5.41, 5.74) is 0.968. The Balaban J connectivity index is 1.90. The number of rotatable bonds is 3. The monoisotopic (exact) mass is 258 g/mol. The molecule has 0 bridgehead atoms. The lowest BCUT2D eigenvalue weighted by atomic mass is 10.2. The summed E-state index contributed by atoms with van der Waals surface area (Å²) in [4.78, 5) is 12.4. The molecule has 1 aromatic rings. The molecule has 0 radical (unpaired) electrons. The van der Waals surface area contributed by atoms with Crippen LogP contribution in [0.25, 0.3) is 0 Å². The first-order chi connectivity index (χ1) is 7.68. The first-order valence-electron chi connectivity index (χ1n) is 5.43. The van der Waals surface area contributed by atoms with Crippen LogP contribution in [-0.4, -0.2) is 25.0 Å². The van der Waals surface area contributed by atoms with Crippen LogP contribution in [0.3, 0.4) is 0 Å². The third-order valence-corrected chi connectivity index (χ3v) is 4.47. The van der Waals surface area contributed by atoms with E-state index in [-0.39, 0.29) is 5.91 Å². The first-order valence-corrected chi connectivity index (χ1v) is 6.69. The molecule has 1 aromatic heterocycles. The van der Waals surface area contributed by atoms with Gasteiger partial charge in [0.05, 0.1) is 5.02 Å². The number of thiophene rings is 1. The van der Waals surface area contributed by atoms with Gasteiger partial charge in [-0.15, -0.1) is 11.3 Å². The van der Waals surface area contributed by atoms with Gasteiger partial charge in [0.1, 0.15) is 4.88 Å². The Bertz CT molecular complexity index is 385. The van der Waals surface area contributed by atoms with E-state index < -0.39 is 0 Å². The van der Waals surface area contributed by atoms with Crippen molar-refractivity contribution in [1.82, 2.24) is 10.6 Å². The molecule has 1 fully saturated rings. The first kappa shape index (κ1) is 11.9. The van der Waals surface area contributed by atoms with Gasteiger partial charge in [-0.3, -0.25) is 4.79 Å². The van der Waals surface area contributed by atoms with Crippen molar-refractivity contribution in [3.05, 3.63) is 20.8 Å². The lowest BCUT2D eigenvalue weighted by Gasteiger charge is -2.10. The highest BCUT2D eigenvalue weighted by molar-refractivity contribution is 7.13. The van der Waals surface area contributed by atoms with Crippen LogP contribution in [0.1, 0.15) is 28.1 Å². The summed E-state index contributed by atoms with van der Waals surface area (Å²) < 4.78 is 0. The van der Waals surface area contributed by atoms with Gasteiger partial charge < -0.3 is 10.6 Å². The smallest absolute Gasteiger partial charge is 0.262 e. The molecule has 0 spiro atoms. The Morgan fingerprint density at radius 1 is 1.75 bits per heavy atom. The molecule has 0 aliphatic carbocycles. The molecule has 1 saturated heterocycles.